The van der Waals surface area contributed by atoms with Crippen LogP contribution in [0, 0.1) is 0 Å². The van der Waals surface area contributed by atoms with Crippen molar-refractivity contribution in [3.05, 3.63) is 12.4 Å². The third kappa shape index (κ3) is 3.41. The van der Waals surface area contributed by atoms with Gasteiger partial charge >= 0.3 is 0 Å². The van der Waals surface area contributed by atoms with Crippen LogP contribution in [-0.2, 0) is 11.3 Å². The van der Waals surface area contributed by atoms with E-state index < -0.39 is 0 Å². The van der Waals surface area contributed by atoms with Crippen LogP contribution in [0.1, 0.15) is 26.2 Å². The molecule has 1 aromatic heterocycles. The van der Waals surface area contributed by atoms with Crippen LogP contribution >= 0.6 is 11.8 Å². The molecule has 6 heteroatoms. The fourth-order valence-electron chi connectivity index (χ4n) is 2.37. The molecule has 1 aromatic rings. The molecule has 1 amide bonds. The van der Waals surface area contributed by atoms with Crippen molar-refractivity contribution in [2.24, 2.45) is 0 Å². The maximum atomic E-state index is 11.9. The highest BCUT2D eigenvalue weighted by molar-refractivity contribution is 7.99. The fraction of sp³-hybridized carbons (Fsp3) is 0.667. The molecule has 0 spiro atoms. The molecule has 1 aliphatic rings. The van der Waals surface area contributed by atoms with Gasteiger partial charge in [-0.05, 0) is 18.6 Å². The Morgan fingerprint density at radius 3 is 3.17 bits per heavy atom. The van der Waals surface area contributed by atoms with Crippen LogP contribution in [-0.4, -0.2) is 32.7 Å². The van der Waals surface area contributed by atoms with E-state index >= 15 is 0 Å². The van der Waals surface area contributed by atoms with Crippen LogP contribution in [0.15, 0.2) is 12.4 Å². The quantitative estimate of drug-likeness (QED) is 0.843. The molecule has 3 N–H and O–H groups in total. The molecule has 100 valence electrons. The molecule has 0 saturated heterocycles. The number of nitrogens with two attached hydrogens (primary N) is 1. The molecule has 1 heterocycles. The monoisotopic (exact) mass is 268 g/mol. The Labute approximate surface area is 111 Å². The zero-order chi connectivity index (χ0) is 13.0. The minimum Gasteiger partial charge on any atom is -0.396 e. The van der Waals surface area contributed by atoms with Gasteiger partial charge in [-0.25, -0.2) is 0 Å². The van der Waals surface area contributed by atoms with Crippen molar-refractivity contribution in [1.29, 1.82) is 0 Å². The maximum absolute atomic E-state index is 11.9. The minimum absolute atomic E-state index is 0.0201. The molecule has 0 aromatic carbocycles. The number of carbonyl (C=O) groups excluding carboxylic acids is 1. The number of aromatic nitrogens is 2. The summed E-state index contributed by atoms with van der Waals surface area (Å²) in [6.07, 6.45) is 6.73. The van der Waals surface area contributed by atoms with E-state index in [0.29, 0.717) is 17.0 Å². The Hall–Kier alpha value is -1.17. The van der Waals surface area contributed by atoms with Crippen molar-refractivity contribution in [3.8, 4) is 0 Å². The third-order valence-electron chi connectivity index (χ3n) is 3.14. The van der Waals surface area contributed by atoms with E-state index in [9.17, 15) is 4.79 Å². The van der Waals surface area contributed by atoms with Crippen LogP contribution in [0.2, 0.25) is 0 Å². The van der Waals surface area contributed by atoms with Gasteiger partial charge in [-0.15, -0.1) is 0 Å². The van der Waals surface area contributed by atoms with E-state index in [0.717, 1.165) is 12.2 Å². The van der Waals surface area contributed by atoms with Crippen molar-refractivity contribution in [2.75, 3.05) is 11.5 Å². The Morgan fingerprint density at radius 2 is 2.50 bits per heavy atom. The molecule has 0 bridgehead atoms. The molecule has 0 aliphatic heterocycles. The number of anilines is 1. The predicted octanol–water partition coefficient (Wildman–Crippen LogP) is 1.26. The lowest BCUT2D eigenvalue weighted by Crippen LogP contribution is -2.40. The molecule has 2 unspecified atom stereocenters. The Morgan fingerprint density at radius 1 is 1.67 bits per heavy atom. The SMILES string of the molecule is CCSC1CCCC1NC(=O)Cn1cc(N)cn1. The van der Waals surface area contributed by atoms with Crippen LogP contribution in [0.3, 0.4) is 0 Å². The first-order valence-electron chi connectivity index (χ1n) is 6.38. The van der Waals surface area contributed by atoms with E-state index in [2.05, 4.69) is 17.3 Å². The van der Waals surface area contributed by atoms with Crippen molar-refractivity contribution >= 4 is 23.4 Å². The number of nitrogens with zero attached hydrogens (tertiary/aromatic N) is 2. The second kappa shape index (κ2) is 6.13. The van der Waals surface area contributed by atoms with E-state index in [1.165, 1.54) is 12.8 Å². The molecule has 2 rings (SSSR count). The van der Waals surface area contributed by atoms with Gasteiger partial charge in [-0.2, -0.15) is 16.9 Å². The first-order valence-corrected chi connectivity index (χ1v) is 7.43. The number of carbonyl (C=O) groups is 1. The van der Waals surface area contributed by atoms with E-state index in [1.807, 2.05) is 11.8 Å². The molecule has 2 atom stereocenters. The van der Waals surface area contributed by atoms with Gasteiger partial charge in [0.2, 0.25) is 5.91 Å². The maximum Gasteiger partial charge on any atom is 0.241 e. The van der Waals surface area contributed by atoms with Gasteiger partial charge in [0.15, 0.2) is 0 Å². The van der Waals surface area contributed by atoms with Gasteiger partial charge in [0.05, 0.1) is 11.9 Å². The van der Waals surface area contributed by atoms with Crippen LogP contribution in [0.4, 0.5) is 5.69 Å². The first kappa shape index (κ1) is 13.3. The van der Waals surface area contributed by atoms with Gasteiger partial charge in [0, 0.05) is 17.5 Å². The van der Waals surface area contributed by atoms with E-state index in [1.54, 1.807) is 17.1 Å². The number of amides is 1. The molecule has 1 saturated carbocycles. The Kier molecular flexibility index (Phi) is 4.52. The number of thioether (sulfide) groups is 1. The summed E-state index contributed by atoms with van der Waals surface area (Å²) in [5, 5.41) is 7.69. The highest BCUT2D eigenvalue weighted by atomic mass is 32.2. The van der Waals surface area contributed by atoms with Crippen LogP contribution in [0.5, 0.6) is 0 Å². The standard InChI is InChI=1S/C12H20N4OS/c1-2-18-11-5-3-4-10(11)15-12(17)8-16-7-9(13)6-14-16/h6-7,10-11H,2-5,8,13H2,1H3,(H,15,17). The summed E-state index contributed by atoms with van der Waals surface area (Å²) >= 11 is 1.94. The van der Waals surface area contributed by atoms with Gasteiger partial charge in [0.25, 0.3) is 0 Å². The number of nitrogen functional groups attached to an aromatic ring is 1. The number of hydrogen-bond donors (Lipinski definition) is 2. The van der Waals surface area contributed by atoms with Gasteiger partial charge < -0.3 is 11.1 Å². The van der Waals surface area contributed by atoms with Gasteiger partial charge in [-0.3, -0.25) is 9.48 Å². The van der Waals surface area contributed by atoms with Gasteiger partial charge in [-0.1, -0.05) is 13.3 Å². The number of nitrogens with one attached hydrogen (secondary N) is 1. The lowest BCUT2D eigenvalue weighted by Gasteiger charge is -2.20. The molecule has 1 aliphatic carbocycles. The molecule has 0 radical (unpaired) electrons. The third-order valence-corrected chi connectivity index (χ3v) is 4.46. The highest BCUT2D eigenvalue weighted by Gasteiger charge is 2.28. The summed E-state index contributed by atoms with van der Waals surface area (Å²) in [5.74, 6) is 1.12. The summed E-state index contributed by atoms with van der Waals surface area (Å²) < 4.78 is 1.57. The summed E-state index contributed by atoms with van der Waals surface area (Å²) in [6, 6.07) is 0.315. The van der Waals surface area contributed by atoms with Crippen molar-refractivity contribution < 1.29 is 4.79 Å². The second-order valence-corrected chi connectivity index (χ2v) is 6.09. The second-order valence-electron chi connectivity index (χ2n) is 4.57. The summed E-state index contributed by atoms with van der Waals surface area (Å²) in [6.45, 7) is 2.41. The van der Waals surface area contributed by atoms with Crippen LogP contribution in [0.25, 0.3) is 0 Å². The van der Waals surface area contributed by atoms with Crippen molar-refractivity contribution in [3.63, 3.8) is 0 Å². The smallest absolute Gasteiger partial charge is 0.241 e. The highest BCUT2D eigenvalue weighted by Crippen LogP contribution is 2.29. The van der Waals surface area contributed by atoms with E-state index in [4.69, 9.17) is 5.73 Å². The minimum atomic E-state index is 0.0201. The van der Waals surface area contributed by atoms with E-state index in [-0.39, 0.29) is 12.5 Å². The number of rotatable bonds is 5. The van der Waals surface area contributed by atoms with Gasteiger partial charge in [0.1, 0.15) is 6.54 Å². The Balaban J connectivity index is 1.83. The largest absolute Gasteiger partial charge is 0.396 e. The Bertz CT molecular complexity index is 407. The van der Waals surface area contributed by atoms with Crippen LogP contribution < -0.4 is 11.1 Å². The summed E-state index contributed by atoms with van der Waals surface area (Å²) in [5.41, 5.74) is 6.15. The van der Waals surface area contributed by atoms with Crippen molar-refractivity contribution in [2.45, 2.75) is 44.0 Å². The zero-order valence-electron chi connectivity index (χ0n) is 10.6. The topological polar surface area (TPSA) is 72.9 Å². The predicted molar refractivity (Wildman–Crippen MR) is 74.3 cm³/mol. The molecular weight excluding hydrogens is 248 g/mol. The van der Waals surface area contributed by atoms with Crippen molar-refractivity contribution in [1.82, 2.24) is 15.1 Å². The molecule has 1 fully saturated rings. The summed E-state index contributed by atoms with van der Waals surface area (Å²) in [7, 11) is 0. The number of hydrogen-bond acceptors (Lipinski definition) is 4. The average molecular weight is 268 g/mol. The lowest BCUT2D eigenvalue weighted by molar-refractivity contribution is -0.122. The molecular formula is C12H20N4OS. The normalized spacial score (nSPS) is 23.2. The zero-order valence-corrected chi connectivity index (χ0v) is 11.4. The average Bonchev–Trinajstić information content (AvgIpc) is 2.90. The molecule has 18 heavy (non-hydrogen) atoms. The molecule has 5 nitrogen and oxygen atoms in total. The fourth-order valence-corrected chi connectivity index (χ4v) is 3.57. The first-order chi connectivity index (χ1) is 8.69. The lowest BCUT2D eigenvalue weighted by atomic mass is 10.2. The summed E-state index contributed by atoms with van der Waals surface area (Å²) in [4.78, 5) is 11.9.